The van der Waals surface area contributed by atoms with Crippen LogP contribution >= 0.6 is 11.6 Å². The lowest BCUT2D eigenvalue weighted by Gasteiger charge is -2.34. The van der Waals surface area contributed by atoms with Gasteiger partial charge in [-0.1, -0.05) is 66.2 Å². The van der Waals surface area contributed by atoms with Crippen LogP contribution < -0.4 is 0 Å². The molecule has 0 radical (unpaired) electrons. The molecule has 2 aromatic carbocycles. The summed E-state index contributed by atoms with van der Waals surface area (Å²) < 4.78 is 7.40. The molecule has 0 N–H and O–H groups in total. The zero-order valence-electron chi connectivity index (χ0n) is 19.6. The molecule has 0 saturated carbocycles. The van der Waals surface area contributed by atoms with E-state index in [1.807, 2.05) is 60.4 Å². The van der Waals surface area contributed by atoms with Crippen molar-refractivity contribution >= 4 is 23.6 Å². The molecule has 178 valence electrons. The molecule has 0 atom stereocenters. The summed E-state index contributed by atoms with van der Waals surface area (Å²) in [7, 11) is 0. The summed E-state index contributed by atoms with van der Waals surface area (Å²) in [5, 5.41) is 5.23. The van der Waals surface area contributed by atoms with Crippen molar-refractivity contribution in [3.63, 3.8) is 0 Å². The Kier molecular flexibility index (Phi) is 6.84. The van der Waals surface area contributed by atoms with Crippen LogP contribution in [-0.4, -0.2) is 58.2 Å². The van der Waals surface area contributed by atoms with Gasteiger partial charge < -0.3 is 9.32 Å². The number of amides is 1. The maximum atomic E-state index is 13.6. The minimum Gasteiger partial charge on any atom is -0.460 e. The Balaban J connectivity index is 1.32. The number of halogens is 1. The van der Waals surface area contributed by atoms with Crippen molar-refractivity contribution in [2.45, 2.75) is 6.92 Å². The normalized spacial score (nSPS) is 14.6. The molecule has 4 aromatic rings. The molecule has 2 aromatic heterocycles. The maximum Gasteiger partial charge on any atom is 0.272 e. The summed E-state index contributed by atoms with van der Waals surface area (Å²) in [6.45, 7) is 5.68. The second-order valence-corrected chi connectivity index (χ2v) is 9.00. The molecule has 6 nitrogen and oxygen atoms in total. The Morgan fingerprint density at radius 3 is 2.46 bits per heavy atom. The largest absolute Gasteiger partial charge is 0.460 e. The van der Waals surface area contributed by atoms with Crippen LogP contribution in [0, 0.1) is 6.92 Å². The molecule has 3 heterocycles. The summed E-state index contributed by atoms with van der Waals surface area (Å²) in [5.74, 6) is 1.35. The van der Waals surface area contributed by atoms with Crippen molar-refractivity contribution < 1.29 is 9.21 Å². The molecule has 35 heavy (non-hydrogen) atoms. The number of nitrogens with zero attached hydrogens (tertiary/aromatic N) is 4. The van der Waals surface area contributed by atoms with Gasteiger partial charge in [0.2, 0.25) is 0 Å². The molecule has 1 amide bonds. The molecule has 1 fully saturated rings. The number of carbonyl (C=O) groups is 1. The SMILES string of the molecule is Cc1ccc(-c2cc(C(=O)N3CCN(C/C=C/c4ccccc4)CC3)n(-c3ccccc3Cl)n2)o1. The van der Waals surface area contributed by atoms with E-state index in [0.29, 0.717) is 40.9 Å². The van der Waals surface area contributed by atoms with Gasteiger partial charge in [-0.25, -0.2) is 4.68 Å². The van der Waals surface area contributed by atoms with Crippen LogP contribution in [0.4, 0.5) is 0 Å². The highest BCUT2D eigenvalue weighted by atomic mass is 35.5. The van der Waals surface area contributed by atoms with Gasteiger partial charge >= 0.3 is 0 Å². The third kappa shape index (κ3) is 5.24. The van der Waals surface area contributed by atoms with Gasteiger partial charge in [-0.15, -0.1) is 0 Å². The Bertz CT molecular complexity index is 1330. The lowest BCUT2D eigenvalue weighted by molar-refractivity contribution is 0.0641. The number of aryl methyl sites for hydroxylation is 1. The van der Waals surface area contributed by atoms with E-state index in [-0.39, 0.29) is 5.91 Å². The van der Waals surface area contributed by atoms with Crippen molar-refractivity contribution in [1.29, 1.82) is 0 Å². The van der Waals surface area contributed by atoms with Crippen molar-refractivity contribution in [2.75, 3.05) is 32.7 Å². The average molecular weight is 487 g/mol. The highest BCUT2D eigenvalue weighted by Gasteiger charge is 2.27. The van der Waals surface area contributed by atoms with Gasteiger partial charge in [0.05, 0.1) is 10.7 Å². The molecule has 1 aliphatic rings. The Morgan fingerprint density at radius 1 is 1.00 bits per heavy atom. The summed E-state index contributed by atoms with van der Waals surface area (Å²) >= 11 is 6.47. The van der Waals surface area contributed by atoms with Crippen LogP contribution in [0.1, 0.15) is 21.8 Å². The van der Waals surface area contributed by atoms with E-state index >= 15 is 0 Å². The first-order chi connectivity index (χ1) is 17.1. The Labute approximate surface area is 210 Å². The number of aromatic nitrogens is 2. The highest BCUT2D eigenvalue weighted by Crippen LogP contribution is 2.27. The Morgan fingerprint density at radius 2 is 1.74 bits per heavy atom. The number of benzene rings is 2. The summed E-state index contributed by atoms with van der Waals surface area (Å²) in [5.41, 5.74) is 2.93. The minimum absolute atomic E-state index is 0.0635. The number of piperazine rings is 1. The fourth-order valence-electron chi connectivity index (χ4n) is 4.23. The number of carbonyl (C=O) groups excluding carboxylic acids is 1. The smallest absolute Gasteiger partial charge is 0.272 e. The lowest BCUT2D eigenvalue weighted by Crippen LogP contribution is -2.49. The van der Waals surface area contributed by atoms with Crippen LogP contribution in [0.15, 0.2) is 83.3 Å². The molecular weight excluding hydrogens is 460 g/mol. The molecule has 5 rings (SSSR count). The monoisotopic (exact) mass is 486 g/mol. The second-order valence-electron chi connectivity index (χ2n) is 8.59. The van der Waals surface area contributed by atoms with Crippen LogP contribution in [0.25, 0.3) is 23.2 Å². The van der Waals surface area contributed by atoms with E-state index in [4.69, 9.17) is 21.1 Å². The van der Waals surface area contributed by atoms with Crippen molar-refractivity contribution in [3.05, 3.63) is 101 Å². The Hall–Kier alpha value is -3.61. The average Bonchev–Trinajstić information content (AvgIpc) is 3.52. The first-order valence-corrected chi connectivity index (χ1v) is 12.1. The topological polar surface area (TPSA) is 54.5 Å². The van der Waals surface area contributed by atoms with Gasteiger partial charge in [-0.05, 0) is 36.8 Å². The molecular formula is C28H27ClN4O2. The molecule has 7 heteroatoms. The fourth-order valence-corrected chi connectivity index (χ4v) is 4.45. The zero-order chi connectivity index (χ0) is 24.2. The summed E-state index contributed by atoms with van der Waals surface area (Å²) in [4.78, 5) is 17.9. The quantitative estimate of drug-likeness (QED) is 0.358. The molecule has 1 saturated heterocycles. The number of para-hydroxylation sites is 1. The lowest BCUT2D eigenvalue weighted by atomic mass is 10.2. The highest BCUT2D eigenvalue weighted by molar-refractivity contribution is 6.32. The number of hydrogen-bond donors (Lipinski definition) is 0. The van der Waals surface area contributed by atoms with Crippen LogP contribution in [-0.2, 0) is 0 Å². The molecule has 1 aliphatic heterocycles. The summed E-state index contributed by atoms with van der Waals surface area (Å²) in [6.07, 6.45) is 4.31. The summed E-state index contributed by atoms with van der Waals surface area (Å²) in [6, 6.07) is 23.2. The van der Waals surface area contributed by atoms with Crippen molar-refractivity contribution in [3.8, 4) is 17.1 Å². The third-order valence-corrected chi connectivity index (χ3v) is 6.45. The van der Waals surface area contributed by atoms with E-state index in [2.05, 4.69) is 29.2 Å². The molecule has 0 spiro atoms. The number of rotatable bonds is 6. The van der Waals surface area contributed by atoms with Gasteiger partial charge in [0.15, 0.2) is 5.76 Å². The van der Waals surface area contributed by atoms with Gasteiger partial charge in [-0.3, -0.25) is 9.69 Å². The van der Waals surface area contributed by atoms with E-state index in [1.165, 1.54) is 5.56 Å². The number of hydrogen-bond acceptors (Lipinski definition) is 4. The van der Waals surface area contributed by atoms with E-state index in [0.717, 1.165) is 25.4 Å². The number of furan rings is 1. The van der Waals surface area contributed by atoms with Crippen LogP contribution in [0.5, 0.6) is 0 Å². The fraction of sp³-hybridized carbons (Fsp3) is 0.214. The standard InChI is InChI=1S/C28H27ClN4O2/c1-21-13-14-27(35-21)24-20-26(33(30-24)25-12-6-5-11-23(25)29)28(34)32-18-16-31(17-19-32)15-7-10-22-8-3-2-4-9-22/h2-14,20H,15-19H2,1H3/b10-7+. The van der Waals surface area contributed by atoms with Crippen molar-refractivity contribution in [1.82, 2.24) is 19.6 Å². The first kappa shape index (κ1) is 23.1. The zero-order valence-corrected chi connectivity index (χ0v) is 20.4. The van der Waals surface area contributed by atoms with Crippen molar-refractivity contribution in [2.24, 2.45) is 0 Å². The van der Waals surface area contributed by atoms with Crippen LogP contribution in [0.3, 0.4) is 0 Å². The molecule has 0 unspecified atom stereocenters. The van der Waals surface area contributed by atoms with Gasteiger partial charge in [-0.2, -0.15) is 5.10 Å². The predicted octanol–water partition coefficient (Wildman–Crippen LogP) is 5.57. The predicted molar refractivity (Wildman–Crippen MR) is 139 cm³/mol. The van der Waals surface area contributed by atoms with E-state index < -0.39 is 0 Å². The van der Waals surface area contributed by atoms with E-state index in [1.54, 1.807) is 16.8 Å². The van der Waals surface area contributed by atoms with E-state index in [9.17, 15) is 4.79 Å². The van der Waals surface area contributed by atoms with Gasteiger partial charge in [0.1, 0.15) is 17.1 Å². The van der Waals surface area contributed by atoms with Gasteiger partial charge in [0.25, 0.3) is 5.91 Å². The molecule has 0 aliphatic carbocycles. The minimum atomic E-state index is -0.0635. The molecule has 0 bridgehead atoms. The third-order valence-electron chi connectivity index (χ3n) is 6.13. The first-order valence-electron chi connectivity index (χ1n) is 11.7. The van der Waals surface area contributed by atoms with Gasteiger partial charge in [0, 0.05) is 38.8 Å². The van der Waals surface area contributed by atoms with Crippen LogP contribution in [0.2, 0.25) is 5.02 Å². The second kappa shape index (κ2) is 10.3. The maximum absolute atomic E-state index is 13.6.